The number of hydrogen-bond donors (Lipinski definition) is 1. The number of methoxy groups -OCH3 is 2. The van der Waals surface area contributed by atoms with Crippen molar-refractivity contribution in [2.45, 2.75) is 33.1 Å². The molecule has 0 aliphatic carbocycles. The van der Waals surface area contributed by atoms with Gasteiger partial charge in [0, 0.05) is 24.0 Å². The van der Waals surface area contributed by atoms with Crippen LogP contribution in [0.5, 0.6) is 17.4 Å². The predicted molar refractivity (Wildman–Crippen MR) is 119 cm³/mol. The third kappa shape index (κ3) is 4.10. The molecular formula is C23H27N5O4. The summed E-state index contributed by atoms with van der Waals surface area (Å²) in [6, 6.07) is 9.26. The third-order valence-electron chi connectivity index (χ3n) is 5.32. The first kappa shape index (κ1) is 21.6. The minimum absolute atomic E-state index is 0.0920. The Labute approximate surface area is 186 Å². The molecule has 3 aromatic rings. The number of rotatable bonds is 7. The summed E-state index contributed by atoms with van der Waals surface area (Å²) in [5.41, 5.74) is 2.72. The van der Waals surface area contributed by atoms with Crippen molar-refractivity contribution < 1.29 is 19.0 Å². The van der Waals surface area contributed by atoms with Crippen LogP contribution >= 0.6 is 0 Å². The van der Waals surface area contributed by atoms with Crippen molar-refractivity contribution in [2.75, 3.05) is 26.1 Å². The molecule has 0 spiro atoms. The fraction of sp³-hybridized carbons (Fsp3) is 0.391. The lowest BCUT2D eigenvalue weighted by molar-refractivity contribution is -0.116. The van der Waals surface area contributed by atoms with Crippen molar-refractivity contribution in [2.24, 2.45) is 5.92 Å². The van der Waals surface area contributed by atoms with E-state index in [0.717, 1.165) is 16.8 Å². The molecule has 0 saturated carbocycles. The van der Waals surface area contributed by atoms with Crippen molar-refractivity contribution in [1.82, 2.24) is 20.0 Å². The number of nitrogens with one attached hydrogen (secondary N) is 1. The average molecular weight is 438 g/mol. The molecule has 3 heterocycles. The van der Waals surface area contributed by atoms with Gasteiger partial charge in [-0.1, -0.05) is 19.9 Å². The van der Waals surface area contributed by atoms with E-state index in [9.17, 15) is 4.79 Å². The van der Waals surface area contributed by atoms with Crippen molar-refractivity contribution in [1.29, 1.82) is 0 Å². The number of aromatic nitrogens is 4. The topological polar surface area (TPSA) is 100 Å². The van der Waals surface area contributed by atoms with Crippen LogP contribution in [0, 0.1) is 12.8 Å². The third-order valence-corrected chi connectivity index (χ3v) is 5.32. The predicted octanol–water partition coefficient (Wildman–Crippen LogP) is 3.50. The minimum Gasteiger partial charge on any atom is -0.493 e. The molecule has 0 bridgehead atoms. The van der Waals surface area contributed by atoms with Gasteiger partial charge in [0.1, 0.15) is 5.82 Å². The van der Waals surface area contributed by atoms with Crippen molar-refractivity contribution >= 4 is 11.7 Å². The Kier molecular flexibility index (Phi) is 5.98. The fourth-order valence-electron chi connectivity index (χ4n) is 3.81. The minimum atomic E-state index is -0.175. The molecule has 1 aliphatic rings. The van der Waals surface area contributed by atoms with Gasteiger partial charge in [-0.05, 0) is 36.6 Å². The van der Waals surface area contributed by atoms with Crippen LogP contribution in [0.1, 0.15) is 43.0 Å². The first-order chi connectivity index (χ1) is 15.4. The molecule has 1 atom stereocenters. The number of carbonyl (C=O) groups excluding carboxylic acids is 1. The molecule has 168 valence electrons. The van der Waals surface area contributed by atoms with E-state index in [-0.39, 0.29) is 11.8 Å². The lowest BCUT2D eigenvalue weighted by Crippen LogP contribution is -2.25. The van der Waals surface area contributed by atoms with Gasteiger partial charge in [0.05, 0.1) is 26.5 Å². The molecule has 0 saturated heterocycles. The Morgan fingerprint density at radius 3 is 2.59 bits per heavy atom. The summed E-state index contributed by atoms with van der Waals surface area (Å²) in [6.45, 7) is 6.68. The number of ether oxygens (including phenoxy) is 3. The zero-order chi connectivity index (χ0) is 22.8. The van der Waals surface area contributed by atoms with Gasteiger partial charge in [0.25, 0.3) is 0 Å². The number of hydrogen-bond acceptors (Lipinski definition) is 7. The molecule has 0 fully saturated rings. The van der Waals surface area contributed by atoms with Crippen LogP contribution in [0.2, 0.25) is 0 Å². The van der Waals surface area contributed by atoms with Crippen molar-refractivity contribution in [3.05, 3.63) is 47.2 Å². The number of nitrogens with zero attached hydrogens (tertiary/aromatic N) is 4. The van der Waals surface area contributed by atoms with Crippen LogP contribution in [0.4, 0.5) is 5.82 Å². The van der Waals surface area contributed by atoms with E-state index in [2.05, 4.69) is 34.5 Å². The van der Waals surface area contributed by atoms with E-state index < -0.39 is 0 Å². The summed E-state index contributed by atoms with van der Waals surface area (Å²) < 4.78 is 18.2. The SMILES string of the molecule is COc1ccc(-n2nc(C)c3c2NC(=O)C[C@H]3c2ccc(OC)c(OCC(C)C)c2)nn1. The first-order valence-corrected chi connectivity index (χ1v) is 10.5. The summed E-state index contributed by atoms with van der Waals surface area (Å²) >= 11 is 0. The molecule has 1 amide bonds. The van der Waals surface area contributed by atoms with E-state index in [0.29, 0.717) is 48.0 Å². The largest absolute Gasteiger partial charge is 0.493 e. The maximum atomic E-state index is 12.7. The number of benzene rings is 1. The Hall–Kier alpha value is -3.62. The number of amides is 1. The Bertz CT molecular complexity index is 1120. The van der Waals surface area contributed by atoms with Gasteiger partial charge in [0.2, 0.25) is 11.8 Å². The van der Waals surface area contributed by atoms with Crippen molar-refractivity contribution in [3.63, 3.8) is 0 Å². The number of carbonyl (C=O) groups is 1. The molecule has 1 aliphatic heterocycles. The summed E-state index contributed by atoms with van der Waals surface area (Å²) in [6.07, 6.45) is 0.309. The van der Waals surface area contributed by atoms with Crippen LogP contribution in [0.15, 0.2) is 30.3 Å². The van der Waals surface area contributed by atoms with E-state index in [1.807, 2.05) is 25.1 Å². The van der Waals surface area contributed by atoms with Crippen LogP contribution < -0.4 is 19.5 Å². The molecule has 1 N–H and O–H groups in total. The fourth-order valence-corrected chi connectivity index (χ4v) is 3.81. The number of aryl methyl sites for hydroxylation is 1. The average Bonchev–Trinajstić information content (AvgIpc) is 3.13. The van der Waals surface area contributed by atoms with E-state index >= 15 is 0 Å². The highest BCUT2D eigenvalue weighted by Crippen LogP contribution is 2.42. The lowest BCUT2D eigenvalue weighted by Gasteiger charge is -2.25. The summed E-state index contributed by atoms with van der Waals surface area (Å²) in [7, 11) is 3.15. The Balaban J connectivity index is 1.76. The standard InChI is InChI=1S/C23H27N5O4/c1-13(2)12-32-18-10-15(6-7-17(18)30-4)16-11-20(29)24-23-22(16)14(3)27-28(23)19-8-9-21(31-5)26-25-19/h6-10,13,16H,11-12H2,1-5H3,(H,24,29)/t16-/m0/s1. The molecule has 32 heavy (non-hydrogen) atoms. The molecular weight excluding hydrogens is 410 g/mol. The van der Waals surface area contributed by atoms with E-state index in [4.69, 9.17) is 14.2 Å². The quantitative estimate of drug-likeness (QED) is 0.604. The van der Waals surface area contributed by atoms with Gasteiger partial charge < -0.3 is 19.5 Å². The first-order valence-electron chi connectivity index (χ1n) is 10.5. The summed E-state index contributed by atoms with van der Waals surface area (Å²) in [5, 5.41) is 15.8. The zero-order valence-electron chi connectivity index (χ0n) is 18.9. The zero-order valence-corrected chi connectivity index (χ0v) is 18.9. The second kappa shape index (κ2) is 8.86. The smallest absolute Gasteiger partial charge is 0.233 e. The van der Waals surface area contributed by atoms with Gasteiger partial charge >= 0.3 is 0 Å². The lowest BCUT2D eigenvalue weighted by atomic mass is 9.85. The van der Waals surface area contributed by atoms with Crippen LogP contribution in [-0.4, -0.2) is 46.7 Å². The van der Waals surface area contributed by atoms with Gasteiger partial charge in [-0.2, -0.15) is 9.78 Å². The van der Waals surface area contributed by atoms with Gasteiger partial charge in [-0.3, -0.25) is 4.79 Å². The monoisotopic (exact) mass is 437 g/mol. The highest BCUT2D eigenvalue weighted by Gasteiger charge is 2.33. The van der Waals surface area contributed by atoms with Gasteiger partial charge in [-0.15, -0.1) is 10.2 Å². The normalized spacial score (nSPS) is 15.3. The summed E-state index contributed by atoms with van der Waals surface area (Å²) in [5.74, 6) is 2.93. The Morgan fingerprint density at radius 1 is 1.12 bits per heavy atom. The molecule has 9 nitrogen and oxygen atoms in total. The molecule has 9 heteroatoms. The number of fused-ring (bicyclic) bond motifs is 1. The van der Waals surface area contributed by atoms with Crippen LogP contribution in [0.25, 0.3) is 5.82 Å². The van der Waals surface area contributed by atoms with Crippen LogP contribution in [0.3, 0.4) is 0 Å². The van der Waals surface area contributed by atoms with E-state index in [1.165, 1.54) is 7.11 Å². The van der Waals surface area contributed by atoms with Gasteiger partial charge in [0.15, 0.2) is 17.3 Å². The molecule has 0 unspecified atom stereocenters. The second-order valence-corrected chi connectivity index (χ2v) is 8.11. The molecule has 1 aromatic carbocycles. The second-order valence-electron chi connectivity index (χ2n) is 8.11. The van der Waals surface area contributed by atoms with Gasteiger partial charge in [-0.25, -0.2) is 0 Å². The highest BCUT2D eigenvalue weighted by atomic mass is 16.5. The summed E-state index contributed by atoms with van der Waals surface area (Å²) in [4.78, 5) is 12.7. The number of anilines is 1. The van der Waals surface area contributed by atoms with E-state index in [1.54, 1.807) is 23.9 Å². The van der Waals surface area contributed by atoms with Crippen LogP contribution in [-0.2, 0) is 4.79 Å². The maximum absolute atomic E-state index is 12.7. The Morgan fingerprint density at radius 2 is 1.94 bits per heavy atom. The maximum Gasteiger partial charge on any atom is 0.233 e. The molecule has 2 aromatic heterocycles. The van der Waals surface area contributed by atoms with Crippen molar-refractivity contribution in [3.8, 4) is 23.2 Å². The molecule has 4 rings (SSSR count). The molecule has 0 radical (unpaired) electrons. The highest BCUT2D eigenvalue weighted by molar-refractivity contribution is 5.95.